The van der Waals surface area contributed by atoms with Crippen LogP contribution in [0.25, 0.3) is 0 Å². The van der Waals surface area contributed by atoms with E-state index in [-0.39, 0.29) is 48.0 Å². The normalized spacial score (nSPS) is 22.4. The van der Waals surface area contributed by atoms with Gasteiger partial charge in [0, 0.05) is 12.5 Å². The van der Waals surface area contributed by atoms with E-state index in [1.807, 2.05) is 13.0 Å². The van der Waals surface area contributed by atoms with Gasteiger partial charge in [-0.3, -0.25) is 4.18 Å². The summed E-state index contributed by atoms with van der Waals surface area (Å²) in [5.74, 6) is -3.36. The van der Waals surface area contributed by atoms with Gasteiger partial charge in [-0.1, -0.05) is 17.7 Å². The Bertz CT molecular complexity index is 1690. The first kappa shape index (κ1) is 28.2. The van der Waals surface area contributed by atoms with E-state index in [1.54, 1.807) is 12.1 Å². The van der Waals surface area contributed by atoms with Gasteiger partial charge < -0.3 is 9.47 Å². The second-order valence-electron chi connectivity index (χ2n) is 9.72. The van der Waals surface area contributed by atoms with Crippen LogP contribution in [0.3, 0.4) is 0 Å². The largest absolute Gasteiger partial charge is 0.490 e. The molecule has 8 nitrogen and oxygen atoms in total. The second-order valence-corrected chi connectivity index (χ2v) is 13.5. The van der Waals surface area contributed by atoms with Crippen molar-refractivity contribution in [2.75, 3.05) is 19.8 Å². The number of rotatable bonds is 7. The van der Waals surface area contributed by atoms with Crippen molar-refractivity contribution < 1.29 is 39.3 Å². The minimum absolute atomic E-state index is 0.0344. The van der Waals surface area contributed by atoms with Gasteiger partial charge in [-0.25, -0.2) is 17.2 Å². The number of nitrogens with zero attached hydrogens (tertiary/aromatic N) is 1. The van der Waals surface area contributed by atoms with E-state index in [2.05, 4.69) is 0 Å². The fourth-order valence-electron chi connectivity index (χ4n) is 5.48. The summed E-state index contributed by atoms with van der Waals surface area (Å²) in [5.41, 5.74) is 0.680. The molecule has 0 bridgehead atoms. The quantitative estimate of drug-likeness (QED) is 0.372. The Balaban J connectivity index is 1.53. The minimum Gasteiger partial charge on any atom is -0.490 e. The molecule has 3 aromatic carbocycles. The lowest BCUT2D eigenvalue weighted by molar-refractivity contribution is -0.0793. The van der Waals surface area contributed by atoms with Crippen LogP contribution in [0.1, 0.15) is 29.5 Å². The molecule has 210 valence electrons. The molecule has 1 saturated heterocycles. The third kappa shape index (κ3) is 4.66. The summed E-state index contributed by atoms with van der Waals surface area (Å²) in [5, 5.41) is 9.14. The van der Waals surface area contributed by atoms with Crippen molar-refractivity contribution in [2.45, 2.75) is 40.4 Å². The number of halogens is 2. The number of hydrogen-bond donors (Lipinski definition) is 0. The smallest absolute Gasteiger partial charge is 0.296 e. The summed E-state index contributed by atoms with van der Waals surface area (Å²) < 4.78 is 99.1. The van der Waals surface area contributed by atoms with Crippen molar-refractivity contribution in [1.82, 2.24) is 0 Å². The average molecular weight is 590 g/mol. The van der Waals surface area contributed by atoms with Gasteiger partial charge in [0.15, 0.2) is 21.4 Å². The molecule has 0 aromatic heterocycles. The van der Waals surface area contributed by atoms with E-state index >= 15 is 4.39 Å². The van der Waals surface area contributed by atoms with Crippen LogP contribution < -0.4 is 4.74 Å². The maximum Gasteiger partial charge on any atom is 0.296 e. The van der Waals surface area contributed by atoms with Crippen molar-refractivity contribution >= 4 is 20.0 Å². The Kier molecular flexibility index (Phi) is 7.43. The maximum absolute atomic E-state index is 15.5. The van der Waals surface area contributed by atoms with Gasteiger partial charge in [-0.05, 0) is 68.3 Å². The molecule has 5 rings (SSSR count). The van der Waals surface area contributed by atoms with E-state index in [9.17, 15) is 21.2 Å². The minimum atomic E-state index is -4.43. The van der Waals surface area contributed by atoms with Gasteiger partial charge >= 0.3 is 0 Å². The molecule has 3 atom stereocenters. The molecule has 0 saturated carbocycles. The van der Waals surface area contributed by atoms with Gasteiger partial charge in [0.05, 0.1) is 46.3 Å². The van der Waals surface area contributed by atoms with Crippen LogP contribution in [0.2, 0.25) is 0 Å². The first-order valence-corrected chi connectivity index (χ1v) is 15.3. The molecule has 2 aliphatic heterocycles. The van der Waals surface area contributed by atoms with Crippen molar-refractivity contribution in [3.05, 3.63) is 89.0 Å². The lowest BCUT2D eigenvalue weighted by atomic mass is 9.75. The molecular formula is C28H25F2NO7S2. The topological polar surface area (TPSA) is 120 Å². The van der Waals surface area contributed by atoms with Crippen LogP contribution in [0.5, 0.6) is 5.75 Å². The summed E-state index contributed by atoms with van der Waals surface area (Å²) in [7, 11) is -8.53. The van der Waals surface area contributed by atoms with E-state index in [0.29, 0.717) is 0 Å². The Morgan fingerprint density at radius 1 is 0.975 bits per heavy atom. The molecule has 2 heterocycles. The van der Waals surface area contributed by atoms with Gasteiger partial charge in [0.2, 0.25) is 0 Å². The zero-order valence-corrected chi connectivity index (χ0v) is 23.0. The number of nitriles is 1. The maximum atomic E-state index is 15.5. The highest BCUT2D eigenvalue weighted by atomic mass is 32.2. The highest BCUT2D eigenvalue weighted by Gasteiger charge is 2.61. The zero-order valence-electron chi connectivity index (χ0n) is 21.3. The molecule has 0 amide bonds. The van der Waals surface area contributed by atoms with Crippen LogP contribution in [-0.2, 0) is 33.6 Å². The summed E-state index contributed by atoms with van der Waals surface area (Å²) in [6.45, 7) is 1.02. The lowest BCUT2D eigenvalue weighted by Crippen LogP contribution is -2.57. The molecule has 0 radical (unpaired) electrons. The van der Waals surface area contributed by atoms with Crippen molar-refractivity contribution in [3.8, 4) is 11.8 Å². The highest BCUT2D eigenvalue weighted by Crippen LogP contribution is 2.55. The summed E-state index contributed by atoms with van der Waals surface area (Å²) >= 11 is 0. The third-order valence-corrected chi connectivity index (χ3v) is 11.4. The molecule has 0 N–H and O–H groups in total. The van der Waals surface area contributed by atoms with Crippen molar-refractivity contribution in [3.63, 3.8) is 0 Å². The van der Waals surface area contributed by atoms with Crippen LogP contribution in [0.4, 0.5) is 8.78 Å². The van der Waals surface area contributed by atoms with Gasteiger partial charge in [0.25, 0.3) is 10.1 Å². The molecular weight excluding hydrogens is 564 g/mol. The number of aryl methyl sites for hydroxylation is 1. The molecule has 40 heavy (non-hydrogen) atoms. The zero-order chi connectivity index (χ0) is 28.7. The first-order chi connectivity index (χ1) is 19.0. The van der Waals surface area contributed by atoms with Crippen molar-refractivity contribution in [2.24, 2.45) is 5.92 Å². The number of benzene rings is 3. The molecule has 3 aromatic rings. The molecule has 2 aliphatic rings. The van der Waals surface area contributed by atoms with Gasteiger partial charge in [-0.15, -0.1) is 0 Å². The fourth-order valence-corrected chi connectivity index (χ4v) is 8.74. The van der Waals surface area contributed by atoms with E-state index in [1.165, 1.54) is 36.4 Å². The van der Waals surface area contributed by atoms with Crippen LogP contribution in [0, 0.1) is 35.8 Å². The van der Waals surface area contributed by atoms with Gasteiger partial charge in [-0.2, -0.15) is 13.7 Å². The van der Waals surface area contributed by atoms with E-state index in [0.717, 1.165) is 17.7 Å². The number of fused-ring (bicyclic) bond motifs is 3. The first-order valence-electron chi connectivity index (χ1n) is 12.4. The van der Waals surface area contributed by atoms with E-state index in [4.69, 9.17) is 18.9 Å². The second kappa shape index (κ2) is 10.6. The predicted molar refractivity (Wildman–Crippen MR) is 139 cm³/mol. The Hall–Kier alpha value is -3.37. The molecule has 1 fully saturated rings. The molecule has 1 unspecified atom stereocenters. The van der Waals surface area contributed by atoms with Crippen LogP contribution >= 0.6 is 0 Å². The number of hydrogen-bond acceptors (Lipinski definition) is 8. The number of ether oxygens (including phenoxy) is 2. The summed E-state index contributed by atoms with van der Waals surface area (Å²) in [4.78, 5) is -0.209. The standard InChI is InChI=1S/C28H25F2NO7S2/c1-18-2-6-21(7-3-18)40(34,35)38-14-12-25-22-17-37-27-24(30)11-10-23(29)26(27)28(22,13-15-36-25)39(32,33)20-8-4-19(16-31)5-9-20/h2-11,22,25H,12-15,17H2,1H3/t22?,25-,28-/m0/s1. The Labute approximate surface area is 231 Å². The number of sulfone groups is 1. The highest BCUT2D eigenvalue weighted by molar-refractivity contribution is 7.92. The average Bonchev–Trinajstić information content (AvgIpc) is 2.94. The Morgan fingerprint density at radius 2 is 1.62 bits per heavy atom. The van der Waals surface area contributed by atoms with E-state index < -0.39 is 59.7 Å². The van der Waals surface area contributed by atoms with Crippen LogP contribution in [0.15, 0.2) is 70.5 Å². The van der Waals surface area contributed by atoms with Crippen molar-refractivity contribution in [1.29, 1.82) is 5.26 Å². The third-order valence-electron chi connectivity index (χ3n) is 7.47. The molecule has 0 aliphatic carbocycles. The monoisotopic (exact) mass is 589 g/mol. The Morgan fingerprint density at radius 3 is 2.30 bits per heavy atom. The summed E-state index contributed by atoms with van der Waals surface area (Å²) in [6, 6.07) is 14.9. The lowest BCUT2D eigenvalue weighted by Gasteiger charge is -2.50. The molecule has 12 heteroatoms. The van der Waals surface area contributed by atoms with Gasteiger partial charge in [0.1, 0.15) is 10.6 Å². The van der Waals surface area contributed by atoms with Crippen LogP contribution in [-0.4, -0.2) is 42.8 Å². The molecule has 0 spiro atoms. The summed E-state index contributed by atoms with van der Waals surface area (Å²) in [6.07, 6.45) is -1.18. The predicted octanol–water partition coefficient (Wildman–Crippen LogP) is 4.41. The fraction of sp³-hybridized carbons (Fsp3) is 0.321. The SMILES string of the molecule is Cc1ccc(S(=O)(=O)OCC[C@@H]2OCC[C@@]3(S(=O)(=O)c4ccc(C#N)cc4)c4c(F)ccc(F)c4OCC23)cc1.